The molecule has 9 heteroatoms. The standard InChI is InChI=1S/C13H18N6O2S/c1-3-8-11(22-18-15-8)13(20)19-5-6-21-9(7-19)12-14-10(4-2)16-17-12/h9H,3-7H2,1-2H3,(H,14,16,17). The van der Waals surface area contributed by atoms with Crippen molar-refractivity contribution in [3.8, 4) is 0 Å². The smallest absolute Gasteiger partial charge is 0.267 e. The Morgan fingerprint density at radius 1 is 1.45 bits per heavy atom. The van der Waals surface area contributed by atoms with Crippen LogP contribution in [0.4, 0.5) is 0 Å². The fourth-order valence-electron chi connectivity index (χ4n) is 2.35. The highest BCUT2D eigenvalue weighted by molar-refractivity contribution is 7.08. The molecular formula is C13H18N6O2S. The van der Waals surface area contributed by atoms with E-state index in [-0.39, 0.29) is 12.0 Å². The second-order valence-corrected chi connectivity index (χ2v) is 5.76. The van der Waals surface area contributed by atoms with Gasteiger partial charge >= 0.3 is 0 Å². The lowest BCUT2D eigenvalue weighted by Crippen LogP contribution is -2.42. The van der Waals surface area contributed by atoms with E-state index in [9.17, 15) is 4.79 Å². The van der Waals surface area contributed by atoms with Crippen molar-refractivity contribution in [3.63, 3.8) is 0 Å². The van der Waals surface area contributed by atoms with E-state index in [0.29, 0.717) is 36.8 Å². The van der Waals surface area contributed by atoms with Crippen molar-refractivity contribution >= 4 is 17.4 Å². The number of ether oxygens (including phenoxy) is 1. The monoisotopic (exact) mass is 322 g/mol. The maximum Gasteiger partial charge on any atom is 0.267 e. The van der Waals surface area contributed by atoms with Crippen LogP contribution in [0.2, 0.25) is 0 Å². The van der Waals surface area contributed by atoms with Crippen LogP contribution in [-0.4, -0.2) is 55.3 Å². The molecule has 2 aromatic heterocycles. The Labute approximate surface area is 132 Å². The summed E-state index contributed by atoms with van der Waals surface area (Å²) in [5.74, 6) is 1.39. The number of rotatable bonds is 4. The molecule has 0 saturated carbocycles. The Bertz CT molecular complexity index is 655. The van der Waals surface area contributed by atoms with Crippen LogP contribution in [-0.2, 0) is 17.6 Å². The number of carbonyl (C=O) groups is 1. The predicted octanol–water partition coefficient (Wildman–Crippen LogP) is 0.995. The van der Waals surface area contributed by atoms with Gasteiger partial charge in [-0.15, -0.1) is 5.10 Å². The van der Waals surface area contributed by atoms with E-state index >= 15 is 0 Å². The van der Waals surface area contributed by atoms with Crippen LogP contribution in [0.5, 0.6) is 0 Å². The summed E-state index contributed by atoms with van der Waals surface area (Å²) in [6.07, 6.45) is 1.20. The molecule has 1 saturated heterocycles. The molecule has 1 atom stereocenters. The van der Waals surface area contributed by atoms with Gasteiger partial charge in [0.15, 0.2) is 5.82 Å². The highest BCUT2D eigenvalue weighted by atomic mass is 32.1. The van der Waals surface area contributed by atoms with Crippen molar-refractivity contribution < 1.29 is 9.53 Å². The van der Waals surface area contributed by atoms with Gasteiger partial charge in [-0.25, -0.2) is 4.98 Å². The summed E-state index contributed by atoms with van der Waals surface area (Å²) in [5.41, 5.74) is 0.754. The van der Waals surface area contributed by atoms with Gasteiger partial charge < -0.3 is 9.64 Å². The zero-order chi connectivity index (χ0) is 15.5. The van der Waals surface area contributed by atoms with Crippen molar-refractivity contribution in [1.29, 1.82) is 0 Å². The minimum absolute atomic E-state index is 0.0357. The molecule has 0 aliphatic carbocycles. The summed E-state index contributed by atoms with van der Waals surface area (Å²) in [6, 6.07) is 0. The Hall–Kier alpha value is -1.87. The number of aromatic amines is 1. The van der Waals surface area contributed by atoms with Crippen molar-refractivity contribution in [2.45, 2.75) is 32.8 Å². The van der Waals surface area contributed by atoms with Crippen LogP contribution in [0.15, 0.2) is 0 Å². The van der Waals surface area contributed by atoms with E-state index in [0.717, 1.165) is 29.5 Å². The van der Waals surface area contributed by atoms with Crippen LogP contribution in [0.25, 0.3) is 0 Å². The first kappa shape index (κ1) is 15.0. The van der Waals surface area contributed by atoms with E-state index < -0.39 is 0 Å². The molecule has 1 unspecified atom stereocenters. The topological polar surface area (TPSA) is 96.9 Å². The Kier molecular flexibility index (Phi) is 4.44. The molecule has 3 rings (SSSR count). The van der Waals surface area contributed by atoms with Gasteiger partial charge in [0.2, 0.25) is 0 Å². The average molecular weight is 322 g/mol. The molecule has 1 aliphatic rings. The number of aromatic nitrogens is 5. The van der Waals surface area contributed by atoms with Gasteiger partial charge in [-0.1, -0.05) is 18.3 Å². The number of amides is 1. The molecule has 8 nitrogen and oxygen atoms in total. The van der Waals surface area contributed by atoms with Crippen LogP contribution in [0.1, 0.15) is 47.0 Å². The van der Waals surface area contributed by atoms with Crippen molar-refractivity contribution in [2.24, 2.45) is 0 Å². The first-order valence-corrected chi connectivity index (χ1v) is 8.13. The van der Waals surface area contributed by atoms with Crippen LogP contribution in [0.3, 0.4) is 0 Å². The fraction of sp³-hybridized carbons (Fsp3) is 0.615. The summed E-state index contributed by atoms with van der Waals surface area (Å²) in [7, 11) is 0. The van der Waals surface area contributed by atoms with Crippen LogP contribution >= 0.6 is 11.5 Å². The summed E-state index contributed by atoms with van der Waals surface area (Å²) >= 11 is 1.15. The lowest BCUT2D eigenvalue weighted by Gasteiger charge is -2.31. The SMILES string of the molecule is CCc1nc(C2CN(C(=O)c3snnc3CC)CCO2)n[nH]1. The molecule has 0 radical (unpaired) electrons. The molecule has 1 N–H and O–H groups in total. The highest BCUT2D eigenvalue weighted by Gasteiger charge is 2.30. The van der Waals surface area contributed by atoms with Gasteiger partial charge in [0.1, 0.15) is 16.8 Å². The maximum absolute atomic E-state index is 12.6. The van der Waals surface area contributed by atoms with Gasteiger partial charge in [0.05, 0.1) is 18.8 Å². The molecule has 118 valence electrons. The predicted molar refractivity (Wildman–Crippen MR) is 79.6 cm³/mol. The van der Waals surface area contributed by atoms with Crippen LogP contribution in [0, 0.1) is 0 Å². The molecule has 1 aliphatic heterocycles. The minimum Gasteiger partial charge on any atom is -0.366 e. The third-order valence-electron chi connectivity index (χ3n) is 3.61. The van der Waals surface area contributed by atoms with Gasteiger partial charge in [-0.05, 0) is 18.0 Å². The number of carbonyl (C=O) groups excluding carboxylic acids is 1. The Balaban J connectivity index is 1.74. The minimum atomic E-state index is -0.291. The van der Waals surface area contributed by atoms with Gasteiger partial charge in [0.25, 0.3) is 5.91 Å². The average Bonchev–Trinajstić information content (AvgIpc) is 3.23. The normalized spacial score (nSPS) is 18.6. The number of aryl methyl sites for hydroxylation is 2. The van der Waals surface area contributed by atoms with E-state index in [1.165, 1.54) is 0 Å². The number of nitrogens with one attached hydrogen (secondary N) is 1. The number of nitrogens with zero attached hydrogens (tertiary/aromatic N) is 5. The van der Waals surface area contributed by atoms with Crippen molar-refractivity contribution in [1.82, 2.24) is 29.7 Å². The largest absolute Gasteiger partial charge is 0.366 e. The van der Waals surface area contributed by atoms with E-state index in [1.54, 1.807) is 4.90 Å². The fourth-order valence-corrected chi connectivity index (χ4v) is 3.07. The number of hydrogen-bond acceptors (Lipinski definition) is 7. The second-order valence-electron chi connectivity index (χ2n) is 5.01. The molecule has 3 heterocycles. The molecule has 2 aromatic rings. The summed E-state index contributed by atoms with van der Waals surface area (Å²) in [6.45, 7) is 5.45. The summed E-state index contributed by atoms with van der Waals surface area (Å²) in [4.78, 5) is 19.4. The Morgan fingerprint density at radius 3 is 3.05 bits per heavy atom. The summed E-state index contributed by atoms with van der Waals surface area (Å²) < 4.78 is 9.59. The lowest BCUT2D eigenvalue weighted by atomic mass is 10.2. The highest BCUT2D eigenvalue weighted by Crippen LogP contribution is 2.22. The van der Waals surface area contributed by atoms with Crippen LogP contribution < -0.4 is 0 Å². The molecule has 0 aromatic carbocycles. The number of morpholine rings is 1. The van der Waals surface area contributed by atoms with Crippen molar-refractivity contribution in [3.05, 3.63) is 22.2 Å². The number of H-pyrrole nitrogens is 1. The molecule has 1 fully saturated rings. The van der Waals surface area contributed by atoms with Crippen molar-refractivity contribution in [2.75, 3.05) is 19.7 Å². The molecule has 1 amide bonds. The molecule has 0 spiro atoms. The quantitative estimate of drug-likeness (QED) is 0.902. The van der Waals surface area contributed by atoms with Gasteiger partial charge in [-0.2, -0.15) is 5.10 Å². The summed E-state index contributed by atoms with van der Waals surface area (Å²) in [5, 5.41) is 11.1. The first-order valence-electron chi connectivity index (χ1n) is 7.36. The van der Waals surface area contributed by atoms with E-state index in [4.69, 9.17) is 4.74 Å². The Morgan fingerprint density at radius 2 is 2.32 bits per heavy atom. The molecule has 0 bridgehead atoms. The number of hydrogen-bond donors (Lipinski definition) is 1. The second kappa shape index (κ2) is 6.49. The van der Waals surface area contributed by atoms with Gasteiger partial charge in [-0.3, -0.25) is 9.89 Å². The third-order valence-corrected chi connectivity index (χ3v) is 4.37. The van der Waals surface area contributed by atoms with E-state index in [1.807, 2.05) is 13.8 Å². The zero-order valence-electron chi connectivity index (χ0n) is 12.6. The maximum atomic E-state index is 12.6. The zero-order valence-corrected chi connectivity index (χ0v) is 13.4. The lowest BCUT2D eigenvalue weighted by molar-refractivity contribution is -0.0265. The van der Waals surface area contributed by atoms with Gasteiger partial charge in [0, 0.05) is 13.0 Å². The third kappa shape index (κ3) is 2.86. The molecular weight excluding hydrogens is 304 g/mol. The van der Waals surface area contributed by atoms with E-state index in [2.05, 4.69) is 24.8 Å². The first-order chi connectivity index (χ1) is 10.7. The molecule has 22 heavy (non-hydrogen) atoms.